The zero-order chi connectivity index (χ0) is 19.8. The quantitative estimate of drug-likeness (QED) is 0.378. The van der Waals surface area contributed by atoms with Gasteiger partial charge in [0.15, 0.2) is 0 Å². The van der Waals surface area contributed by atoms with Crippen molar-refractivity contribution >= 4 is 57.2 Å². The average Bonchev–Trinajstić information content (AvgIpc) is 3.29. The fourth-order valence-corrected chi connectivity index (χ4v) is 6.20. The summed E-state index contributed by atoms with van der Waals surface area (Å²) < 4.78 is 3.25. The first-order valence-corrected chi connectivity index (χ1v) is 12.2. The third kappa shape index (κ3) is 3.72. The molecule has 1 aromatic heterocycles. The first-order chi connectivity index (χ1) is 14.2. The molecular formula is C23H22IN3OS. The molecule has 1 N–H and O–H groups in total. The molecule has 6 heteroatoms. The normalized spacial score (nSPS) is 23.6. The van der Waals surface area contributed by atoms with Crippen molar-refractivity contribution in [3.63, 3.8) is 0 Å². The highest BCUT2D eigenvalue weighted by atomic mass is 127. The highest BCUT2D eigenvalue weighted by Gasteiger charge is 2.29. The van der Waals surface area contributed by atoms with Crippen LogP contribution < -0.4 is 5.32 Å². The SMILES string of the molecule is O=C1NCC(c2ccccc2)C1=Cc1ccc2c(I)nn(C3CCCCS3)c2c1. The van der Waals surface area contributed by atoms with Gasteiger partial charge in [-0.25, -0.2) is 0 Å². The van der Waals surface area contributed by atoms with Gasteiger partial charge in [0.1, 0.15) is 3.70 Å². The zero-order valence-corrected chi connectivity index (χ0v) is 18.9. The minimum atomic E-state index is 0.0323. The van der Waals surface area contributed by atoms with Gasteiger partial charge in [-0.05, 0) is 76.9 Å². The molecule has 0 bridgehead atoms. The van der Waals surface area contributed by atoms with E-state index in [9.17, 15) is 4.79 Å². The number of nitrogens with zero attached hydrogens (tertiary/aromatic N) is 2. The van der Waals surface area contributed by atoms with Gasteiger partial charge in [0.25, 0.3) is 0 Å². The molecular weight excluding hydrogens is 493 g/mol. The summed E-state index contributed by atoms with van der Waals surface area (Å²) in [6, 6.07) is 16.7. The van der Waals surface area contributed by atoms with Crippen molar-refractivity contribution in [1.82, 2.24) is 15.1 Å². The van der Waals surface area contributed by atoms with Crippen LogP contribution in [0.15, 0.2) is 54.1 Å². The van der Waals surface area contributed by atoms with E-state index in [1.54, 1.807) is 0 Å². The van der Waals surface area contributed by atoms with Crippen molar-refractivity contribution < 1.29 is 4.79 Å². The van der Waals surface area contributed by atoms with E-state index < -0.39 is 0 Å². The Hall–Kier alpha value is -1.80. The zero-order valence-electron chi connectivity index (χ0n) is 16.0. The van der Waals surface area contributed by atoms with Crippen LogP contribution in [-0.2, 0) is 4.79 Å². The van der Waals surface area contributed by atoms with Crippen LogP contribution in [0.2, 0.25) is 0 Å². The van der Waals surface area contributed by atoms with E-state index in [4.69, 9.17) is 5.10 Å². The number of benzene rings is 2. The largest absolute Gasteiger partial charge is 0.351 e. The number of aromatic nitrogens is 2. The third-order valence-corrected chi connectivity index (χ3v) is 7.88. The molecule has 0 radical (unpaired) electrons. The van der Waals surface area contributed by atoms with Gasteiger partial charge in [-0.15, -0.1) is 11.8 Å². The van der Waals surface area contributed by atoms with Crippen LogP contribution in [0.5, 0.6) is 0 Å². The van der Waals surface area contributed by atoms with Gasteiger partial charge in [-0.2, -0.15) is 5.10 Å². The van der Waals surface area contributed by atoms with E-state index in [1.807, 2.05) is 30.0 Å². The van der Waals surface area contributed by atoms with Gasteiger partial charge in [0.2, 0.25) is 5.91 Å². The first-order valence-electron chi connectivity index (χ1n) is 10.0. The molecule has 4 nitrogen and oxygen atoms in total. The highest BCUT2D eigenvalue weighted by molar-refractivity contribution is 14.1. The van der Waals surface area contributed by atoms with E-state index in [-0.39, 0.29) is 11.8 Å². The summed E-state index contributed by atoms with van der Waals surface area (Å²) >= 11 is 4.33. The van der Waals surface area contributed by atoms with Crippen LogP contribution >= 0.6 is 34.4 Å². The molecule has 2 fully saturated rings. The molecule has 2 atom stereocenters. The fraction of sp³-hybridized carbons (Fsp3) is 0.304. The van der Waals surface area contributed by atoms with Gasteiger partial charge >= 0.3 is 0 Å². The minimum absolute atomic E-state index is 0.0323. The Kier molecular flexibility index (Phi) is 5.39. The smallest absolute Gasteiger partial charge is 0.247 e. The van der Waals surface area contributed by atoms with Crippen molar-refractivity contribution in [3.8, 4) is 0 Å². The van der Waals surface area contributed by atoms with Crippen molar-refractivity contribution in [2.24, 2.45) is 0 Å². The standard InChI is InChI=1S/C23H22IN3OS/c24-22-17-10-9-15(13-20(17)27(26-22)21-8-4-5-11-29-21)12-18-19(14-25-23(18)28)16-6-2-1-3-7-16/h1-3,6-7,9-10,12-13,19,21H,4-5,8,11,14H2,(H,25,28). The second-order valence-electron chi connectivity index (χ2n) is 7.61. The lowest BCUT2D eigenvalue weighted by Gasteiger charge is -2.22. The van der Waals surface area contributed by atoms with Gasteiger partial charge in [-0.3, -0.25) is 9.48 Å². The number of carbonyl (C=O) groups is 1. The van der Waals surface area contributed by atoms with Crippen LogP contribution in [0.25, 0.3) is 17.0 Å². The average molecular weight is 515 g/mol. The predicted octanol–water partition coefficient (Wildman–Crippen LogP) is 5.35. The molecule has 2 saturated heterocycles. The maximum atomic E-state index is 12.5. The van der Waals surface area contributed by atoms with E-state index in [1.165, 1.54) is 36.0 Å². The monoisotopic (exact) mass is 515 g/mol. The maximum Gasteiger partial charge on any atom is 0.247 e. The molecule has 148 valence electrons. The van der Waals surface area contributed by atoms with E-state index in [0.717, 1.165) is 20.4 Å². The fourth-order valence-electron chi connectivity index (χ4n) is 4.23. The lowest BCUT2D eigenvalue weighted by Crippen LogP contribution is -2.14. The van der Waals surface area contributed by atoms with Gasteiger partial charge in [0.05, 0.1) is 10.9 Å². The van der Waals surface area contributed by atoms with E-state index >= 15 is 0 Å². The lowest BCUT2D eigenvalue weighted by atomic mass is 9.92. The van der Waals surface area contributed by atoms with Crippen molar-refractivity contribution in [2.75, 3.05) is 12.3 Å². The number of halogens is 1. The number of nitrogens with one attached hydrogen (secondary N) is 1. The van der Waals surface area contributed by atoms with Crippen LogP contribution in [0.1, 0.15) is 41.7 Å². The molecule has 1 amide bonds. The molecule has 0 saturated carbocycles. The minimum Gasteiger partial charge on any atom is -0.351 e. The van der Waals surface area contributed by atoms with Crippen molar-refractivity contribution in [1.29, 1.82) is 0 Å². The second-order valence-corrected chi connectivity index (χ2v) is 9.91. The summed E-state index contributed by atoms with van der Waals surface area (Å²) in [5, 5.41) is 9.46. The molecule has 2 aliphatic rings. The van der Waals surface area contributed by atoms with Crippen LogP contribution in [0, 0.1) is 3.70 Å². The molecule has 0 aliphatic carbocycles. The van der Waals surface area contributed by atoms with Crippen LogP contribution in [-0.4, -0.2) is 28.0 Å². The Morgan fingerprint density at radius 3 is 2.83 bits per heavy atom. The summed E-state index contributed by atoms with van der Waals surface area (Å²) in [7, 11) is 0. The van der Waals surface area contributed by atoms with E-state index in [2.05, 4.69) is 69.0 Å². The number of amides is 1. The first kappa shape index (κ1) is 19.2. The molecule has 5 rings (SSSR count). The molecule has 2 aromatic carbocycles. The second kappa shape index (κ2) is 8.14. The Bertz CT molecular complexity index is 1090. The van der Waals surface area contributed by atoms with Gasteiger partial charge in [0, 0.05) is 23.4 Å². The number of fused-ring (bicyclic) bond motifs is 1. The van der Waals surface area contributed by atoms with Crippen molar-refractivity contribution in [3.05, 3.63) is 68.9 Å². The molecule has 29 heavy (non-hydrogen) atoms. The summed E-state index contributed by atoms with van der Waals surface area (Å²) in [5.41, 5.74) is 4.24. The summed E-state index contributed by atoms with van der Waals surface area (Å²) in [6.45, 7) is 0.658. The van der Waals surface area contributed by atoms with Crippen LogP contribution in [0.3, 0.4) is 0 Å². The Labute approximate surface area is 188 Å². The third-order valence-electron chi connectivity index (χ3n) is 5.74. The number of hydrogen-bond donors (Lipinski definition) is 1. The Balaban J connectivity index is 1.55. The van der Waals surface area contributed by atoms with E-state index in [0.29, 0.717) is 11.9 Å². The number of carbonyl (C=O) groups excluding carboxylic acids is 1. The Morgan fingerprint density at radius 1 is 1.17 bits per heavy atom. The highest BCUT2D eigenvalue weighted by Crippen LogP contribution is 2.37. The maximum absolute atomic E-state index is 12.5. The van der Waals surface area contributed by atoms with Crippen molar-refractivity contribution in [2.45, 2.75) is 30.6 Å². The topological polar surface area (TPSA) is 46.9 Å². The summed E-state index contributed by atoms with van der Waals surface area (Å²) in [4.78, 5) is 12.5. The predicted molar refractivity (Wildman–Crippen MR) is 128 cm³/mol. The number of rotatable bonds is 3. The molecule has 3 heterocycles. The number of hydrogen-bond acceptors (Lipinski definition) is 3. The summed E-state index contributed by atoms with van der Waals surface area (Å²) in [5.74, 6) is 1.33. The lowest BCUT2D eigenvalue weighted by molar-refractivity contribution is -0.116. The molecule has 3 aromatic rings. The molecule has 2 aliphatic heterocycles. The van der Waals surface area contributed by atoms with Gasteiger partial charge in [-0.1, -0.05) is 36.4 Å². The Morgan fingerprint density at radius 2 is 2.03 bits per heavy atom. The van der Waals surface area contributed by atoms with Crippen LogP contribution in [0.4, 0.5) is 0 Å². The molecule has 0 spiro atoms. The number of thioether (sulfide) groups is 1. The van der Waals surface area contributed by atoms with Gasteiger partial charge < -0.3 is 5.32 Å². The molecule has 2 unspecified atom stereocenters. The summed E-state index contributed by atoms with van der Waals surface area (Å²) in [6.07, 6.45) is 5.78.